The molecule has 0 bridgehead atoms. The highest BCUT2D eigenvalue weighted by molar-refractivity contribution is 9.09. The van der Waals surface area contributed by atoms with Gasteiger partial charge in [-0.05, 0) is 12.3 Å². The van der Waals surface area contributed by atoms with Gasteiger partial charge in [-0.1, -0.05) is 49.0 Å². The zero-order valence-electron chi connectivity index (χ0n) is 13.7. The van der Waals surface area contributed by atoms with Gasteiger partial charge >= 0.3 is 0 Å². The molecule has 0 aliphatic rings. The lowest BCUT2D eigenvalue weighted by Crippen LogP contribution is -2.10. The molecule has 0 aliphatic heterocycles. The highest BCUT2D eigenvalue weighted by atomic mass is 79.9. The summed E-state index contributed by atoms with van der Waals surface area (Å²) in [6, 6.07) is 3.83. The van der Waals surface area contributed by atoms with Crippen LogP contribution in [0.5, 0.6) is 17.2 Å². The third kappa shape index (κ3) is 4.53. The van der Waals surface area contributed by atoms with Gasteiger partial charge < -0.3 is 14.2 Å². The molecule has 0 radical (unpaired) electrons. The van der Waals surface area contributed by atoms with Gasteiger partial charge in [0.2, 0.25) is 0 Å². The average Bonchev–Trinajstić information content (AvgIpc) is 2.53. The number of unbranched alkanes of at least 4 members (excludes halogenated alkanes) is 1. The van der Waals surface area contributed by atoms with Gasteiger partial charge in [-0.2, -0.15) is 0 Å². The van der Waals surface area contributed by atoms with E-state index in [1.807, 2.05) is 12.1 Å². The van der Waals surface area contributed by atoms with Crippen molar-refractivity contribution in [2.75, 3.05) is 21.3 Å². The number of methoxy groups -OCH3 is 3. The fraction of sp³-hybridized carbons (Fsp3) is 0.647. The van der Waals surface area contributed by atoms with E-state index in [4.69, 9.17) is 14.2 Å². The van der Waals surface area contributed by atoms with Gasteiger partial charge in [-0.15, -0.1) is 0 Å². The summed E-state index contributed by atoms with van der Waals surface area (Å²) in [5.74, 6) is 2.92. The van der Waals surface area contributed by atoms with Gasteiger partial charge in [-0.25, -0.2) is 0 Å². The van der Waals surface area contributed by atoms with Crippen LogP contribution in [0.3, 0.4) is 0 Å². The second kappa shape index (κ2) is 9.19. The van der Waals surface area contributed by atoms with Crippen molar-refractivity contribution in [3.05, 3.63) is 17.7 Å². The van der Waals surface area contributed by atoms with Crippen molar-refractivity contribution >= 4 is 15.9 Å². The number of rotatable bonds is 9. The molecular weight excluding hydrogens is 332 g/mol. The lowest BCUT2D eigenvalue weighted by Gasteiger charge is -2.25. The summed E-state index contributed by atoms with van der Waals surface area (Å²) < 4.78 is 16.4. The van der Waals surface area contributed by atoms with Gasteiger partial charge in [0.15, 0.2) is 0 Å². The normalized spacial score (nSPS) is 13.6. The maximum Gasteiger partial charge on any atom is 0.130 e. The van der Waals surface area contributed by atoms with Crippen LogP contribution in [-0.4, -0.2) is 21.3 Å². The Balaban J connectivity index is 3.18. The maximum atomic E-state index is 5.56. The van der Waals surface area contributed by atoms with E-state index in [0.29, 0.717) is 5.92 Å². The Kier molecular flexibility index (Phi) is 7.94. The Bertz CT molecular complexity index is 409. The first-order valence-electron chi connectivity index (χ1n) is 7.56. The molecule has 0 aliphatic carbocycles. The van der Waals surface area contributed by atoms with Gasteiger partial charge in [0.1, 0.15) is 17.2 Å². The number of hydrogen-bond acceptors (Lipinski definition) is 3. The Hall–Kier alpha value is -0.900. The SMILES string of the molecule is CCCCC(CC)C(Br)c1c(OC)cc(OC)cc1OC. The molecule has 0 fully saturated rings. The van der Waals surface area contributed by atoms with Gasteiger partial charge in [0.25, 0.3) is 0 Å². The van der Waals surface area contributed by atoms with E-state index in [1.165, 1.54) is 19.3 Å². The van der Waals surface area contributed by atoms with Gasteiger partial charge in [0.05, 0.1) is 26.9 Å². The van der Waals surface area contributed by atoms with Crippen molar-refractivity contribution in [3.63, 3.8) is 0 Å². The van der Waals surface area contributed by atoms with Crippen LogP contribution in [0.2, 0.25) is 0 Å². The van der Waals surface area contributed by atoms with Crippen molar-refractivity contribution in [1.82, 2.24) is 0 Å². The molecule has 21 heavy (non-hydrogen) atoms. The van der Waals surface area contributed by atoms with Crippen molar-refractivity contribution in [2.45, 2.75) is 44.4 Å². The molecule has 0 saturated heterocycles. The predicted octanol–water partition coefficient (Wildman–Crippen LogP) is 5.36. The highest BCUT2D eigenvalue weighted by Crippen LogP contribution is 2.46. The molecule has 3 nitrogen and oxygen atoms in total. The first kappa shape index (κ1) is 18.1. The zero-order chi connectivity index (χ0) is 15.8. The van der Waals surface area contributed by atoms with E-state index >= 15 is 0 Å². The smallest absolute Gasteiger partial charge is 0.130 e. The van der Waals surface area contributed by atoms with E-state index in [9.17, 15) is 0 Å². The Morgan fingerprint density at radius 1 is 1.00 bits per heavy atom. The highest BCUT2D eigenvalue weighted by Gasteiger charge is 2.26. The second-order valence-corrected chi connectivity index (χ2v) is 6.14. The predicted molar refractivity (Wildman–Crippen MR) is 91.1 cm³/mol. The molecule has 0 amide bonds. The third-order valence-electron chi connectivity index (χ3n) is 3.90. The molecule has 0 aromatic heterocycles. The molecule has 2 atom stereocenters. The molecular formula is C17H27BrO3. The first-order chi connectivity index (χ1) is 10.1. The first-order valence-corrected chi connectivity index (χ1v) is 8.48. The number of hydrogen-bond donors (Lipinski definition) is 0. The van der Waals surface area contributed by atoms with Crippen LogP contribution in [0, 0.1) is 5.92 Å². The summed E-state index contributed by atoms with van der Waals surface area (Å²) in [6.07, 6.45) is 4.77. The largest absolute Gasteiger partial charge is 0.496 e. The topological polar surface area (TPSA) is 27.7 Å². The minimum atomic E-state index is 0.213. The maximum absolute atomic E-state index is 5.56. The van der Waals surface area contributed by atoms with Crippen LogP contribution < -0.4 is 14.2 Å². The molecule has 0 saturated carbocycles. The standard InChI is InChI=1S/C17H27BrO3/c1-6-8-9-12(7-2)17(18)16-14(20-4)10-13(19-3)11-15(16)21-5/h10-12,17H,6-9H2,1-5H3. The summed E-state index contributed by atoms with van der Waals surface area (Å²) >= 11 is 3.87. The third-order valence-corrected chi connectivity index (χ3v) is 5.10. The van der Waals surface area contributed by atoms with E-state index in [0.717, 1.165) is 29.2 Å². The van der Waals surface area contributed by atoms with Crippen LogP contribution in [-0.2, 0) is 0 Å². The molecule has 1 aromatic carbocycles. The van der Waals surface area contributed by atoms with E-state index < -0.39 is 0 Å². The molecule has 0 spiro atoms. The van der Waals surface area contributed by atoms with E-state index in [-0.39, 0.29) is 4.83 Å². The molecule has 1 rings (SSSR count). The Morgan fingerprint density at radius 3 is 1.95 bits per heavy atom. The van der Waals surface area contributed by atoms with Gasteiger partial charge in [-0.3, -0.25) is 0 Å². The average molecular weight is 359 g/mol. The molecule has 0 N–H and O–H groups in total. The van der Waals surface area contributed by atoms with Crippen LogP contribution in [0.15, 0.2) is 12.1 Å². The van der Waals surface area contributed by atoms with E-state index in [2.05, 4.69) is 29.8 Å². The van der Waals surface area contributed by atoms with Crippen molar-refractivity contribution in [1.29, 1.82) is 0 Å². The second-order valence-electron chi connectivity index (χ2n) is 5.16. The van der Waals surface area contributed by atoms with Crippen LogP contribution >= 0.6 is 15.9 Å². The molecule has 120 valence electrons. The number of alkyl halides is 1. The van der Waals surface area contributed by atoms with Crippen molar-refractivity contribution in [2.24, 2.45) is 5.92 Å². The zero-order valence-corrected chi connectivity index (χ0v) is 15.3. The minimum absolute atomic E-state index is 0.213. The summed E-state index contributed by atoms with van der Waals surface area (Å²) in [7, 11) is 5.02. The van der Waals surface area contributed by atoms with Gasteiger partial charge in [0, 0.05) is 17.0 Å². The molecule has 4 heteroatoms. The minimum Gasteiger partial charge on any atom is -0.496 e. The quantitative estimate of drug-likeness (QED) is 0.555. The fourth-order valence-corrected chi connectivity index (χ4v) is 3.65. The molecule has 0 heterocycles. The molecule has 2 unspecified atom stereocenters. The van der Waals surface area contributed by atoms with Crippen LogP contribution in [0.4, 0.5) is 0 Å². The number of ether oxygens (including phenoxy) is 3. The summed E-state index contributed by atoms with van der Waals surface area (Å²) in [4.78, 5) is 0.213. The summed E-state index contributed by atoms with van der Waals surface area (Å²) in [5, 5.41) is 0. The fourth-order valence-electron chi connectivity index (χ4n) is 2.56. The molecule has 1 aromatic rings. The van der Waals surface area contributed by atoms with Crippen molar-refractivity contribution in [3.8, 4) is 17.2 Å². The Labute approximate surface area is 137 Å². The Morgan fingerprint density at radius 2 is 1.57 bits per heavy atom. The lowest BCUT2D eigenvalue weighted by molar-refractivity contribution is 0.357. The number of halogens is 1. The van der Waals surface area contributed by atoms with Crippen LogP contribution in [0.25, 0.3) is 0 Å². The van der Waals surface area contributed by atoms with E-state index in [1.54, 1.807) is 21.3 Å². The summed E-state index contributed by atoms with van der Waals surface area (Å²) in [6.45, 7) is 4.46. The lowest BCUT2D eigenvalue weighted by atomic mass is 9.91. The monoisotopic (exact) mass is 358 g/mol. The van der Waals surface area contributed by atoms with Crippen LogP contribution in [0.1, 0.15) is 49.9 Å². The number of benzene rings is 1. The van der Waals surface area contributed by atoms with Crippen molar-refractivity contribution < 1.29 is 14.2 Å². The summed E-state index contributed by atoms with van der Waals surface area (Å²) in [5.41, 5.74) is 1.07.